The van der Waals surface area contributed by atoms with Crippen molar-refractivity contribution in [2.45, 2.75) is 38.1 Å². The summed E-state index contributed by atoms with van der Waals surface area (Å²) in [6.07, 6.45) is 4.62. The highest BCUT2D eigenvalue weighted by Crippen LogP contribution is 2.36. The predicted molar refractivity (Wildman–Crippen MR) is 41.6 cm³/mol. The van der Waals surface area contributed by atoms with Crippen molar-refractivity contribution in [3.63, 3.8) is 0 Å². The second-order valence-electron chi connectivity index (χ2n) is 3.37. The SMILES string of the molecule is CCC(N)(CO)C1CCC1. The highest BCUT2D eigenvalue weighted by molar-refractivity contribution is 4.93. The van der Waals surface area contributed by atoms with Crippen molar-refractivity contribution in [1.29, 1.82) is 0 Å². The lowest BCUT2D eigenvalue weighted by atomic mass is 9.70. The predicted octanol–water partition coefficient (Wildman–Crippen LogP) is 0.886. The van der Waals surface area contributed by atoms with Crippen LogP contribution in [0.4, 0.5) is 0 Å². The van der Waals surface area contributed by atoms with Crippen molar-refractivity contribution < 1.29 is 5.11 Å². The van der Waals surface area contributed by atoms with E-state index in [9.17, 15) is 0 Å². The molecule has 0 saturated heterocycles. The molecule has 0 amide bonds. The van der Waals surface area contributed by atoms with Crippen LogP contribution in [-0.4, -0.2) is 17.3 Å². The molecule has 60 valence electrons. The van der Waals surface area contributed by atoms with Crippen LogP contribution in [0.5, 0.6) is 0 Å². The molecule has 1 saturated carbocycles. The number of aliphatic hydroxyl groups is 1. The summed E-state index contributed by atoms with van der Waals surface area (Å²) in [5, 5.41) is 9.00. The number of hydrogen-bond acceptors (Lipinski definition) is 2. The van der Waals surface area contributed by atoms with Gasteiger partial charge >= 0.3 is 0 Å². The Morgan fingerprint density at radius 2 is 2.20 bits per heavy atom. The molecule has 0 heterocycles. The molecule has 0 aromatic heterocycles. The van der Waals surface area contributed by atoms with Crippen molar-refractivity contribution in [1.82, 2.24) is 0 Å². The van der Waals surface area contributed by atoms with Gasteiger partial charge in [0.1, 0.15) is 0 Å². The molecular weight excluding hydrogens is 126 g/mol. The third-order valence-electron chi connectivity index (χ3n) is 2.87. The molecular formula is C8H17NO. The van der Waals surface area contributed by atoms with E-state index in [-0.39, 0.29) is 12.1 Å². The van der Waals surface area contributed by atoms with Crippen LogP contribution in [0.15, 0.2) is 0 Å². The summed E-state index contributed by atoms with van der Waals surface area (Å²) in [6.45, 7) is 2.20. The Bertz CT molecular complexity index is 106. The molecule has 0 radical (unpaired) electrons. The summed E-state index contributed by atoms with van der Waals surface area (Å²) in [6, 6.07) is 0. The first kappa shape index (κ1) is 8.02. The molecule has 10 heavy (non-hydrogen) atoms. The number of hydrogen-bond donors (Lipinski definition) is 2. The molecule has 0 aliphatic heterocycles. The molecule has 0 spiro atoms. The molecule has 0 bridgehead atoms. The van der Waals surface area contributed by atoms with Crippen LogP contribution in [0.2, 0.25) is 0 Å². The molecule has 1 rings (SSSR count). The van der Waals surface area contributed by atoms with Gasteiger partial charge in [-0.3, -0.25) is 0 Å². The molecule has 1 fully saturated rings. The van der Waals surface area contributed by atoms with Gasteiger partial charge in [-0.15, -0.1) is 0 Å². The van der Waals surface area contributed by atoms with Gasteiger partial charge in [-0.25, -0.2) is 0 Å². The third-order valence-corrected chi connectivity index (χ3v) is 2.87. The van der Waals surface area contributed by atoms with Crippen molar-refractivity contribution in [3.8, 4) is 0 Å². The third kappa shape index (κ3) is 1.18. The lowest BCUT2D eigenvalue weighted by Gasteiger charge is -2.40. The van der Waals surface area contributed by atoms with E-state index in [1.165, 1.54) is 19.3 Å². The highest BCUT2D eigenvalue weighted by atomic mass is 16.3. The monoisotopic (exact) mass is 143 g/mol. The first-order valence-electron chi connectivity index (χ1n) is 4.12. The Morgan fingerprint density at radius 1 is 1.60 bits per heavy atom. The highest BCUT2D eigenvalue weighted by Gasteiger charge is 2.36. The maximum Gasteiger partial charge on any atom is 0.0613 e. The molecule has 1 aliphatic rings. The van der Waals surface area contributed by atoms with E-state index < -0.39 is 0 Å². The number of rotatable bonds is 3. The Hall–Kier alpha value is -0.0800. The van der Waals surface area contributed by atoms with Crippen molar-refractivity contribution in [2.75, 3.05) is 6.61 Å². The van der Waals surface area contributed by atoms with E-state index in [0.717, 1.165) is 6.42 Å². The second kappa shape index (κ2) is 2.89. The quantitative estimate of drug-likeness (QED) is 0.616. The first-order valence-corrected chi connectivity index (χ1v) is 4.12. The van der Waals surface area contributed by atoms with Gasteiger partial charge in [-0.05, 0) is 25.2 Å². The van der Waals surface area contributed by atoms with Crippen LogP contribution in [-0.2, 0) is 0 Å². The van der Waals surface area contributed by atoms with Gasteiger partial charge in [0, 0.05) is 5.54 Å². The van der Waals surface area contributed by atoms with Gasteiger partial charge < -0.3 is 10.8 Å². The Kier molecular flexibility index (Phi) is 2.32. The van der Waals surface area contributed by atoms with E-state index in [2.05, 4.69) is 6.92 Å². The smallest absolute Gasteiger partial charge is 0.0613 e. The summed E-state index contributed by atoms with van der Waals surface area (Å²) in [7, 11) is 0. The summed E-state index contributed by atoms with van der Waals surface area (Å²) in [4.78, 5) is 0. The maximum atomic E-state index is 9.00. The van der Waals surface area contributed by atoms with Gasteiger partial charge in [0.25, 0.3) is 0 Å². The van der Waals surface area contributed by atoms with Crippen LogP contribution in [0, 0.1) is 5.92 Å². The zero-order valence-electron chi connectivity index (χ0n) is 6.64. The Labute approximate surface area is 62.4 Å². The maximum absolute atomic E-state index is 9.00. The molecule has 1 aliphatic carbocycles. The van der Waals surface area contributed by atoms with Crippen LogP contribution in [0.1, 0.15) is 32.6 Å². The zero-order chi connectivity index (χ0) is 7.61. The fraction of sp³-hybridized carbons (Fsp3) is 1.00. The summed E-state index contributed by atoms with van der Waals surface area (Å²) in [5.74, 6) is 0.586. The number of aliphatic hydroxyl groups excluding tert-OH is 1. The van der Waals surface area contributed by atoms with Gasteiger partial charge in [-0.1, -0.05) is 13.3 Å². The molecule has 1 atom stereocenters. The molecule has 0 aromatic carbocycles. The van der Waals surface area contributed by atoms with E-state index in [1.807, 2.05) is 0 Å². The van der Waals surface area contributed by atoms with Gasteiger partial charge in [0.05, 0.1) is 6.61 Å². The summed E-state index contributed by atoms with van der Waals surface area (Å²) < 4.78 is 0. The second-order valence-corrected chi connectivity index (χ2v) is 3.37. The minimum absolute atomic E-state index is 0.147. The van der Waals surface area contributed by atoms with Gasteiger partial charge in [0.2, 0.25) is 0 Å². The minimum Gasteiger partial charge on any atom is -0.394 e. The van der Waals surface area contributed by atoms with Gasteiger partial charge in [-0.2, -0.15) is 0 Å². The zero-order valence-corrected chi connectivity index (χ0v) is 6.64. The Morgan fingerprint density at radius 3 is 2.30 bits per heavy atom. The van der Waals surface area contributed by atoms with Crippen molar-refractivity contribution in [3.05, 3.63) is 0 Å². The van der Waals surface area contributed by atoms with Crippen LogP contribution >= 0.6 is 0 Å². The molecule has 3 N–H and O–H groups in total. The first-order chi connectivity index (χ1) is 4.73. The summed E-state index contributed by atoms with van der Waals surface area (Å²) in [5.41, 5.74) is 5.69. The van der Waals surface area contributed by atoms with E-state index >= 15 is 0 Å². The van der Waals surface area contributed by atoms with Crippen LogP contribution < -0.4 is 5.73 Å². The topological polar surface area (TPSA) is 46.2 Å². The van der Waals surface area contributed by atoms with E-state index in [0.29, 0.717) is 5.92 Å². The fourth-order valence-electron chi connectivity index (χ4n) is 1.51. The van der Waals surface area contributed by atoms with Crippen molar-refractivity contribution >= 4 is 0 Å². The Balaban J connectivity index is 2.44. The van der Waals surface area contributed by atoms with Gasteiger partial charge in [0.15, 0.2) is 0 Å². The fourth-order valence-corrected chi connectivity index (χ4v) is 1.51. The normalized spacial score (nSPS) is 25.5. The number of nitrogens with two attached hydrogens (primary N) is 1. The largest absolute Gasteiger partial charge is 0.394 e. The minimum atomic E-state index is -0.266. The molecule has 2 heteroatoms. The van der Waals surface area contributed by atoms with Crippen LogP contribution in [0.3, 0.4) is 0 Å². The average Bonchev–Trinajstić information content (AvgIpc) is 1.84. The molecule has 0 aromatic rings. The van der Waals surface area contributed by atoms with Crippen molar-refractivity contribution in [2.24, 2.45) is 11.7 Å². The standard InChI is InChI=1S/C8H17NO/c1-2-8(9,6-10)7-4-3-5-7/h7,10H,2-6,9H2,1H3. The molecule has 1 unspecified atom stereocenters. The van der Waals surface area contributed by atoms with E-state index in [1.54, 1.807) is 0 Å². The average molecular weight is 143 g/mol. The van der Waals surface area contributed by atoms with E-state index in [4.69, 9.17) is 10.8 Å². The molecule has 2 nitrogen and oxygen atoms in total. The lowest BCUT2D eigenvalue weighted by molar-refractivity contribution is 0.0882. The lowest BCUT2D eigenvalue weighted by Crippen LogP contribution is -2.52. The van der Waals surface area contributed by atoms with Crippen LogP contribution in [0.25, 0.3) is 0 Å². The summed E-state index contributed by atoms with van der Waals surface area (Å²) >= 11 is 0.